The molecule has 8 heteroatoms. The maximum atomic E-state index is 12.2. The summed E-state index contributed by atoms with van der Waals surface area (Å²) in [6, 6.07) is 15.8. The second-order valence-corrected chi connectivity index (χ2v) is 8.57. The van der Waals surface area contributed by atoms with Gasteiger partial charge in [-0.3, -0.25) is 4.79 Å². The smallest absolute Gasteiger partial charge is 0.250 e. The summed E-state index contributed by atoms with van der Waals surface area (Å²) in [6.07, 6.45) is 5.03. The lowest BCUT2D eigenvalue weighted by molar-refractivity contribution is -0.118. The van der Waals surface area contributed by atoms with Gasteiger partial charge in [0.1, 0.15) is 5.75 Å². The van der Waals surface area contributed by atoms with Crippen LogP contribution in [0.3, 0.4) is 0 Å². The van der Waals surface area contributed by atoms with Crippen molar-refractivity contribution >= 4 is 23.9 Å². The van der Waals surface area contributed by atoms with Gasteiger partial charge in [0, 0.05) is 12.1 Å². The molecule has 0 aliphatic carbocycles. The number of carbonyl (C=O) groups excluding carboxylic acids is 1. The van der Waals surface area contributed by atoms with Gasteiger partial charge in [-0.1, -0.05) is 61.4 Å². The van der Waals surface area contributed by atoms with Crippen molar-refractivity contribution in [3.05, 3.63) is 59.7 Å². The number of thioether (sulfide) groups is 1. The number of hydrogen-bond acceptors (Lipinski definition) is 6. The number of unbranched alkanes of at least 4 members (excludes halogenated alkanes) is 2. The topological polar surface area (TPSA) is 81.4 Å². The monoisotopic (exact) mass is 465 g/mol. The standard InChI is InChI=1S/C25H31N5O2S/c1-4-6-7-16-32-22-14-10-20(11-15-22)17-26-27-23(31)18-33-25-29-28-24(30(25)5-2)21-12-8-19(3)9-13-21/h8-15,17H,4-7,16,18H2,1-3H3,(H,27,31)/b26-17+. The van der Waals surface area contributed by atoms with Crippen molar-refractivity contribution < 1.29 is 9.53 Å². The molecule has 3 aromatic rings. The first-order valence-corrected chi connectivity index (χ1v) is 12.3. The lowest BCUT2D eigenvalue weighted by atomic mass is 10.1. The van der Waals surface area contributed by atoms with E-state index < -0.39 is 0 Å². The first-order chi connectivity index (χ1) is 16.1. The number of nitrogens with one attached hydrogen (secondary N) is 1. The number of carbonyl (C=O) groups is 1. The van der Waals surface area contributed by atoms with Crippen LogP contribution in [0.25, 0.3) is 11.4 Å². The molecule has 0 spiro atoms. The number of aromatic nitrogens is 3. The van der Waals surface area contributed by atoms with Crippen molar-refractivity contribution in [2.45, 2.75) is 51.7 Å². The highest BCUT2D eigenvalue weighted by Crippen LogP contribution is 2.24. The quantitative estimate of drug-likeness (QED) is 0.174. The zero-order valence-electron chi connectivity index (χ0n) is 19.5. The van der Waals surface area contributed by atoms with Crippen LogP contribution in [0.15, 0.2) is 58.8 Å². The Labute approximate surface area is 199 Å². The first-order valence-electron chi connectivity index (χ1n) is 11.3. The Morgan fingerprint density at radius 1 is 1.09 bits per heavy atom. The molecule has 0 atom stereocenters. The van der Waals surface area contributed by atoms with Crippen molar-refractivity contribution in [3.63, 3.8) is 0 Å². The number of rotatable bonds is 12. The Kier molecular flexibility index (Phi) is 9.50. The summed E-state index contributed by atoms with van der Waals surface area (Å²) >= 11 is 1.34. The van der Waals surface area contributed by atoms with E-state index in [-0.39, 0.29) is 11.7 Å². The van der Waals surface area contributed by atoms with Gasteiger partial charge in [-0.05, 0) is 50.1 Å². The van der Waals surface area contributed by atoms with Gasteiger partial charge in [0.05, 0.1) is 18.6 Å². The number of nitrogens with zero attached hydrogens (tertiary/aromatic N) is 4. The zero-order chi connectivity index (χ0) is 23.5. The normalized spacial score (nSPS) is 11.1. The molecule has 1 heterocycles. The molecule has 0 saturated heterocycles. The van der Waals surface area contributed by atoms with Crippen LogP contribution >= 0.6 is 11.8 Å². The predicted octanol–water partition coefficient (Wildman–Crippen LogP) is 5.08. The van der Waals surface area contributed by atoms with E-state index in [1.807, 2.05) is 47.9 Å². The second-order valence-electron chi connectivity index (χ2n) is 7.62. The number of hydrazone groups is 1. The van der Waals surface area contributed by atoms with Crippen LogP contribution in [0.5, 0.6) is 5.75 Å². The van der Waals surface area contributed by atoms with Gasteiger partial charge < -0.3 is 9.30 Å². The summed E-state index contributed by atoms with van der Waals surface area (Å²) in [5.41, 5.74) is 5.66. The van der Waals surface area contributed by atoms with Crippen LogP contribution in [0.1, 0.15) is 44.2 Å². The van der Waals surface area contributed by atoms with Crippen LogP contribution in [-0.2, 0) is 11.3 Å². The van der Waals surface area contributed by atoms with Crippen molar-refractivity contribution in [2.75, 3.05) is 12.4 Å². The minimum absolute atomic E-state index is 0.199. The van der Waals surface area contributed by atoms with Gasteiger partial charge >= 0.3 is 0 Å². The van der Waals surface area contributed by atoms with Crippen LogP contribution in [0.2, 0.25) is 0 Å². The molecule has 0 fully saturated rings. The summed E-state index contributed by atoms with van der Waals surface area (Å²) in [6.45, 7) is 7.71. The Bertz CT molecular complexity index is 1050. The number of ether oxygens (including phenoxy) is 1. The van der Waals surface area contributed by atoms with Gasteiger partial charge in [-0.15, -0.1) is 10.2 Å². The third kappa shape index (κ3) is 7.46. The Morgan fingerprint density at radius 2 is 1.85 bits per heavy atom. The molecule has 174 valence electrons. The Hall–Kier alpha value is -3.13. The Morgan fingerprint density at radius 3 is 2.55 bits per heavy atom. The van der Waals surface area contributed by atoms with Gasteiger partial charge in [-0.25, -0.2) is 5.43 Å². The summed E-state index contributed by atoms with van der Waals surface area (Å²) < 4.78 is 7.72. The van der Waals surface area contributed by atoms with Gasteiger partial charge in [0.25, 0.3) is 5.91 Å². The van der Waals surface area contributed by atoms with Gasteiger partial charge in [0.15, 0.2) is 11.0 Å². The van der Waals surface area contributed by atoms with Crippen molar-refractivity contribution in [2.24, 2.45) is 5.10 Å². The molecule has 33 heavy (non-hydrogen) atoms. The maximum Gasteiger partial charge on any atom is 0.250 e. The minimum Gasteiger partial charge on any atom is -0.494 e. The average Bonchev–Trinajstić information content (AvgIpc) is 3.25. The fraction of sp³-hybridized carbons (Fsp3) is 0.360. The summed E-state index contributed by atoms with van der Waals surface area (Å²) in [5, 5.41) is 13.4. The highest BCUT2D eigenvalue weighted by atomic mass is 32.2. The molecule has 0 aliphatic rings. The number of benzene rings is 2. The first kappa shape index (κ1) is 24.5. The van der Waals surface area contributed by atoms with E-state index in [1.54, 1.807) is 6.21 Å². The number of hydrogen-bond donors (Lipinski definition) is 1. The minimum atomic E-state index is -0.199. The van der Waals surface area contributed by atoms with Gasteiger partial charge in [-0.2, -0.15) is 5.10 Å². The molecule has 2 aromatic carbocycles. The largest absolute Gasteiger partial charge is 0.494 e. The van der Waals surface area contributed by atoms with E-state index in [9.17, 15) is 4.79 Å². The van der Waals surface area contributed by atoms with Crippen molar-refractivity contribution in [1.82, 2.24) is 20.2 Å². The van der Waals surface area contributed by atoms with E-state index in [0.29, 0.717) is 5.16 Å². The molecule has 0 bridgehead atoms. The summed E-state index contributed by atoms with van der Waals surface area (Å²) in [5.74, 6) is 1.65. The molecular weight excluding hydrogens is 434 g/mol. The average molecular weight is 466 g/mol. The van der Waals surface area contributed by atoms with E-state index >= 15 is 0 Å². The van der Waals surface area contributed by atoms with Crippen molar-refractivity contribution in [1.29, 1.82) is 0 Å². The van der Waals surface area contributed by atoms with E-state index in [1.165, 1.54) is 30.2 Å². The number of aryl methyl sites for hydroxylation is 1. The third-order valence-electron chi connectivity index (χ3n) is 4.97. The molecule has 0 radical (unpaired) electrons. The van der Waals surface area contributed by atoms with E-state index in [2.05, 4.69) is 46.7 Å². The Balaban J connectivity index is 1.47. The maximum absolute atomic E-state index is 12.2. The lowest BCUT2D eigenvalue weighted by Crippen LogP contribution is -2.20. The van der Waals surface area contributed by atoms with Crippen LogP contribution in [-0.4, -0.2) is 39.2 Å². The molecule has 1 N–H and O–H groups in total. The molecule has 1 aromatic heterocycles. The number of amides is 1. The van der Waals surface area contributed by atoms with Crippen LogP contribution in [0.4, 0.5) is 0 Å². The predicted molar refractivity (Wildman–Crippen MR) is 134 cm³/mol. The third-order valence-corrected chi connectivity index (χ3v) is 5.94. The van der Waals surface area contributed by atoms with Crippen LogP contribution < -0.4 is 10.2 Å². The summed E-state index contributed by atoms with van der Waals surface area (Å²) in [7, 11) is 0. The van der Waals surface area contributed by atoms with Crippen LogP contribution in [0, 0.1) is 6.92 Å². The highest BCUT2D eigenvalue weighted by molar-refractivity contribution is 7.99. The molecule has 1 amide bonds. The molecule has 0 aliphatic heterocycles. The zero-order valence-corrected chi connectivity index (χ0v) is 20.3. The SMILES string of the molecule is CCCCCOc1ccc(/C=N/NC(=O)CSc2nnc(-c3ccc(C)cc3)n2CC)cc1. The molecule has 3 rings (SSSR count). The van der Waals surface area contributed by atoms with E-state index in [4.69, 9.17) is 4.74 Å². The van der Waals surface area contributed by atoms with Crippen molar-refractivity contribution in [3.8, 4) is 17.1 Å². The highest BCUT2D eigenvalue weighted by Gasteiger charge is 2.14. The fourth-order valence-electron chi connectivity index (χ4n) is 3.13. The molecule has 0 unspecified atom stereocenters. The fourth-order valence-corrected chi connectivity index (χ4v) is 3.92. The summed E-state index contributed by atoms with van der Waals surface area (Å²) in [4.78, 5) is 12.2. The van der Waals surface area contributed by atoms with E-state index in [0.717, 1.165) is 42.3 Å². The second kappa shape index (κ2) is 12.8. The molecule has 0 saturated carbocycles. The lowest BCUT2D eigenvalue weighted by Gasteiger charge is -2.07. The van der Waals surface area contributed by atoms with Gasteiger partial charge in [0.2, 0.25) is 0 Å². The molecular formula is C25H31N5O2S. The molecule has 7 nitrogen and oxygen atoms in total.